The van der Waals surface area contributed by atoms with E-state index in [1.165, 1.54) is 30.5 Å². The van der Waals surface area contributed by atoms with Gasteiger partial charge in [0.1, 0.15) is 0 Å². The zero-order valence-corrected chi connectivity index (χ0v) is 11.4. The highest BCUT2D eigenvalue weighted by Crippen LogP contribution is 2.31. The van der Waals surface area contributed by atoms with E-state index < -0.39 is 0 Å². The van der Waals surface area contributed by atoms with Crippen LogP contribution in [0.3, 0.4) is 0 Å². The van der Waals surface area contributed by atoms with E-state index in [4.69, 9.17) is 0 Å². The Bertz CT molecular complexity index is 358. The number of para-hydroxylation sites is 1. The zero-order chi connectivity index (χ0) is 12.3. The molecule has 1 fully saturated rings. The van der Waals surface area contributed by atoms with Gasteiger partial charge in [-0.3, -0.25) is 0 Å². The van der Waals surface area contributed by atoms with Crippen molar-refractivity contribution in [1.82, 2.24) is 0 Å². The summed E-state index contributed by atoms with van der Waals surface area (Å²) in [5.41, 5.74) is 2.79. The molecule has 17 heavy (non-hydrogen) atoms. The Balaban J connectivity index is 2.01. The van der Waals surface area contributed by atoms with Gasteiger partial charge in [0.25, 0.3) is 0 Å². The van der Waals surface area contributed by atoms with Crippen molar-refractivity contribution in [1.29, 1.82) is 0 Å². The lowest BCUT2D eigenvalue weighted by molar-refractivity contribution is 0.261. The third-order valence-electron chi connectivity index (χ3n) is 4.36. The lowest BCUT2D eigenvalue weighted by Gasteiger charge is -2.33. The Morgan fingerprint density at radius 3 is 2.59 bits per heavy atom. The summed E-state index contributed by atoms with van der Waals surface area (Å²) in [7, 11) is 0. The van der Waals surface area contributed by atoms with Crippen LogP contribution in [0.4, 0.5) is 5.69 Å². The molecule has 1 heteroatoms. The van der Waals surface area contributed by atoms with Crippen molar-refractivity contribution >= 4 is 5.69 Å². The second kappa shape index (κ2) is 5.57. The molecule has 0 aromatic heterocycles. The summed E-state index contributed by atoms with van der Waals surface area (Å²) in [4.78, 5) is 0. The summed E-state index contributed by atoms with van der Waals surface area (Å²) in [6.07, 6.45) is 5.12. The van der Waals surface area contributed by atoms with E-state index in [1.807, 2.05) is 0 Å². The van der Waals surface area contributed by atoms with Gasteiger partial charge in [-0.15, -0.1) is 0 Å². The average Bonchev–Trinajstić information content (AvgIpc) is 2.34. The van der Waals surface area contributed by atoms with Gasteiger partial charge in [0.15, 0.2) is 0 Å². The maximum Gasteiger partial charge on any atom is 0.0374 e. The normalized spacial score (nSPS) is 29.0. The minimum Gasteiger partial charge on any atom is -0.382 e. The van der Waals surface area contributed by atoms with E-state index in [2.05, 4.69) is 50.4 Å². The van der Waals surface area contributed by atoms with Gasteiger partial charge in [0.05, 0.1) is 0 Å². The van der Waals surface area contributed by atoms with Gasteiger partial charge >= 0.3 is 0 Å². The molecular formula is C16H25N. The van der Waals surface area contributed by atoms with Crippen LogP contribution >= 0.6 is 0 Å². The fourth-order valence-electron chi connectivity index (χ4n) is 2.87. The molecule has 1 N–H and O–H groups in total. The maximum absolute atomic E-state index is 3.75. The van der Waals surface area contributed by atoms with E-state index in [1.54, 1.807) is 0 Å². The Morgan fingerprint density at radius 2 is 1.88 bits per heavy atom. The molecule has 1 aliphatic rings. The number of hydrogen-bond donors (Lipinski definition) is 1. The molecule has 0 radical (unpaired) electrons. The largest absolute Gasteiger partial charge is 0.382 e. The molecule has 94 valence electrons. The molecule has 0 bridgehead atoms. The molecule has 1 aromatic carbocycles. The van der Waals surface area contributed by atoms with E-state index in [0.717, 1.165) is 18.3 Å². The molecule has 1 saturated carbocycles. The first-order valence-corrected chi connectivity index (χ1v) is 7.05. The fourth-order valence-corrected chi connectivity index (χ4v) is 2.87. The van der Waals surface area contributed by atoms with E-state index in [-0.39, 0.29) is 0 Å². The van der Waals surface area contributed by atoms with Gasteiger partial charge in [0, 0.05) is 11.7 Å². The standard InChI is InChI=1S/C16H25N/c1-4-14-7-5-6-8-16(14)17-15-10-9-12(2)13(3)11-15/h5-8,12-13,15,17H,4,9-11H2,1-3H3. The van der Waals surface area contributed by atoms with Crippen LogP contribution in [-0.4, -0.2) is 6.04 Å². The number of nitrogens with one attached hydrogen (secondary N) is 1. The molecular weight excluding hydrogens is 206 g/mol. The van der Waals surface area contributed by atoms with E-state index in [0.29, 0.717) is 6.04 Å². The van der Waals surface area contributed by atoms with Gasteiger partial charge in [0.2, 0.25) is 0 Å². The summed E-state index contributed by atoms with van der Waals surface area (Å²) in [5, 5.41) is 3.75. The van der Waals surface area contributed by atoms with Crippen LogP contribution in [0.1, 0.15) is 45.6 Å². The Labute approximate surface area is 106 Å². The number of hydrogen-bond acceptors (Lipinski definition) is 1. The molecule has 3 unspecified atom stereocenters. The van der Waals surface area contributed by atoms with Crippen LogP contribution in [0.2, 0.25) is 0 Å². The highest BCUT2D eigenvalue weighted by Gasteiger charge is 2.24. The van der Waals surface area contributed by atoms with Gasteiger partial charge in [-0.25, -0.2) is 0 Å². The van der Waals surface area contributed by atoms with Gasteiger partial charge in [-0.2, -0.15) is 0 Å². The molecule has 0 heterocycles. The number of rotatable bonds is 3. The van der Waals surface area contributed by atoms with Crippen LogP contribution < -0.4 is 5.32 Å². The number of benzene rings is 1. The molecule has 0 saturated heterocycles. The van der Waals surface area contributed by atoms with Gasteiger partial charge in [-0.05, 0) is 49.1 Å². The summed E-state index contributed by atoms with van der Waals surface area (Å²) in [6.45, 7) is 7.01. The molecule has 0 amide bonds. The van der Waals surface area contributed by atoms with Crippen LogP contribution in [0.25, 0.3) is 0 Å². The zero-order valence-electron chi connectivity index (χ0n) is 11.4. The highest BCUT2D eigenvalue weighted by atomic mass is 14.9. The molecule has 1 aromatic rings. The van der Waals surface area contributed by atoms with Crippen molar-refractivity contribution in [2.45, 2.75) is 52.5 Å². The summed E-state index contributed by atoms with van der Waals surface area (Å²) < 4.78 is 0. The topological polar surface area (TPSA) is 12.0 Å². The quantitative estimate of drug-likeness (QED) is 0.808. The van der Waals surface area contributed by atoms with Crippen molar-refractivity contribution < 1.29 is 0 Å². The van der Waals surface area contributed by atoms with E-state index >= 15 is 0 Å². The predicted molar refractivity (Wildman–Crippen MR) is 75.4 cm³/mol. The van der Waals surface area contributed by atoms with Crippen LogP contribution in [0.15, 0.2) is 24.3 Å². The lowest BCUT2D eigenvalue weighted by atomic mass is 9.79. The van der Waals surface area contributed by atoms with Gasteiger partial charge < -0.3 is 5.32 Å². The fraction of sp³-hybridized carbons (Fsp3) is 0.625. The van der Waals surface area contributed by atoms with Crippen molar-refractivity contribution in [3.8, 4) is 0 Å². The van der Waals surface area contributed by atoms with E-state index in [9.17, 15) is 0 Å². The first-order chi connectivity index (χ1) is 8.20. The molecule has 3 atom stereocenters. The number of aryl methyl sites for hydroxylation is 1. The monoisotopic (exact) mass is 231 g/mol. The van der Waals surface area contributed by atoms with Crippen molar-refractivity contribution in [3.05, 3.63) is 29.8 Å². The molecule has 1 nitrogen and oxygen atoms in total. The van der Waals surface area contributed by atoms with Crippen LogP contribution in [-0.2, 0) is 6.42 Å². The van der Waals surface area contributed by atoms with Gasteiger partial charge in [-0.1, -0.05) is 39.0 Å². The highest BCUT2D eigenvalue weighted by molar-refractivity contribution is 5.51. The third kappa shape index (κ3) is 3.02. The molecule has 0 spiro atoms. The Morgan fingerprint density at radius 1 is 1.12 bits per heavy atom. The van der Waals surface area contributed by atoms with Crippen molar-refractivity contribution in [3.63, 3.8) is 0 Å². The maximum atomic E-state index is 3.75. The lowest BCUT2D eigenvalue weighted by Crippen LogP contribution is -2.30. The predicted octanol–water partition coefficient (Wildman–Crippen LogP) is 4.49. The molecule has 0 aliphatic heterocycles. The first-order valence-electron chi connectivity index (χ1n) is 7.05. The Kier molecular flexibility index (Phi) is 4.09. The third-order valence-corrected chi connectivity index (χ3v) is 4.36. The average molecular weight is 231 g/mol. The van der Waals surface area contributed by atoms with Crippen LogP contribution in [0.5, 0.6) is 0 Å². The van der Waals surface area contributed by atoms with Crippen LogP contribution in [0, 0.1) is 11.8 Å². The molecule has 2 rings (SSSR count). The Hall–Kier alpha value is -0.980. The van der Waals surface area contributed by atoms with Crippen molar-refractivity contribution in [2.75, 3.05) is 5.32 Å². The second-order valence-electron chi connectivity index (χ2n) is 5.62. The minimum absolute atomic E-state index is 0.675. The molecule has 1 aliphatic carbocycles. The first kappa shape index (κ1) is 12.5. The van der Waals surface area contributed by atoms with Crippen molar-refractivity contribution in [2.24, 2.45) is 11.8 Å². The smallest absolute Gasteiger partial charge is 0.0374 e. The minimum atomic E-state index is 0.675. The number of anilines is 1. The summed E-state index contributed by atoms with van der Waals surface area (Å²) in [6, 6.07) is 9.40. The summed E-state index contributed by atoms with van der Waals surface area (Å²) in [5.74, 6) is 1.75. The second-order valence-corrected chi connectivity index (χ2v) is 5.62. The summed E-state index contributed by atoms with van der Waals surface area (Å²) >= 11 is 0. The SMILES string of the molecule is CCc1ccccc1NC1CCC(C)C(C)C1.